The van der Waals surface area contributed by atoms with Crippen molar-refractivity contribution in [1.29, 1.82) is 0 Å². The van der Waals surface area contributed by atoms with Crippen molar-refractivity contribution >= 4 is 46.6 Å². The van der Waals surface area contributed by atoms with Crippen LogP contribution in [0.4, 0.5) is 5.69 Å². The Hall–Kier alpha value is -2.39. The highest BCUT2D eigenvalue weighted by molar-refractivity contribution is 8.00. The Kier molecular flexibility index (Phi) is 4.00. The zero-order valence-corrected chi connectivity index (χ0v) is 15.5. The van der Waals surface area contributed by atoms with Crippen LogP contribution in [0.2, 0.25) is 0 Å². The largest absolute Gasteiger partial charge is 0.469 e. The van der Waals surface area contributed by atoms with Crippen molar-refractivity contribution in [3.63, 3.8) is 0 Å². The molecule has 9 heteroatoms. The second-order valence-corrected chi connectivity index (χ2v) is 8.29. The second kappa shape index (κ2) is 6.10. The van der Waals surface area contributed by atoms with Gasteiger partial charge in [-0.1, -0.05) is 40.8 Å². The summed E-state index contributed by atoms with van der Waals surface area (Å²) in [7, 11) is 1.23. The Balaban J connectivity index is 1.81. The Morgan fingerprint density at radius 3 is 2.50 bits per heavy atom. The number of methoxy groups -OCH3 is 1. The summed E-state index contributed by atoms with van der Waals surface area (Å²) in [6.45, 7) is 1.91. The van der Waals surface area contributed by atoms with Crippen LogP contribution in [0, 0.1) is 12.8 Å². The molecule has 0 spiro atoms. The van der Waals surface area contributed by atoms with Crippen molar-refractivity contribution in [2.45, 2.75) is 23.1 Å². The van der Waals surface area contributed by atoms with Gasteiger partial charge in [-0.2, -0.15) is 0 Å². The molecule has 1 fully saturated rings. The normalized spacial score (nSPS) is 24.4. The molecule has 1 saturated heterocycles. The first-order chi connectivity index (χ1) is 12.4. The number of hydrogen-bond acceptors (Lipinski definition) is 7. The minimum absolute atomic E-state index is 0.327. The van der Waals surface area contributed by atoms with Crippen molar-refractivity contribution in [2.24, 2.45) is 5.92 Å². The van der Waals surface area contributed by atoms with Crippen LogP contribution in [0.25, 0.3) is 0 Å². The lowest BCUT2D eigenvalue weighted by Crippen LogP contribution is -2.35. The topological polar surface area (TPSA) is 96.5 Å². The Labute approximate surface area is 156 Å². The van der Waals surface area contributed by atoms with Gasteiger partial charge in [0.1, 0.15) is 11.2 Å². The number of amides is 2. The summed E-state index contributed by atoms with van der Waals surface area (Å²) >= 11 is 2.01. The molecular weight excluding hydrogens is 376 g/mol. The number of rotatable bonds is 2. The summed E-state index contributed by atoms with van der Waals surface area (Å²) < 4.78 is 4.86. The molecule has 0 radical (unpaired) electrons. The predicted octanol–water partition coefficient (Wildman–Crippen LogP) is 1.67. The fourth-order valence-electron chi connectivity index (χ4n) is 3.35. The van der Waals surface area contributed by atoms with Gasteiger partial charge in [-0.3, -0.25) is 19.2 Å². The number of fused-ring (bicyclic) bond motifs is 2. The molecule has 1 aromatic heterocycles. The van der Waals surface area contributed by atoms with Gasteiger partial charge < -0.3 is 9.72 Å². The van der Waals surface area contributed by atoms with Gasteiger partial charge in [-0.05, 0) is 19.1 Å². The number of nitrogens with zero attached hydrogens (tertiary/aromatic N) is 1. The number of aryl methyl sites for hydroxylation is 1. The van der Waals surface area contributed by atoms with E-state index in [0.717, 1.165) is 33.6 Å². The average molecular weight is 390 g/mol. The average Bonchev–Trinajstić information content (AvgIpc) is 3.11. The van der Waals surface area contributed by atoms with E-state index in [1.807, 2.05) is 19.1 Å². The van der Waals surface area contributed by atoms with Crippen LogP contribution in [0.5, 0.6) is 0 Å². The van der Waals surface area contributed by atoms with Gasteiger partial charge in [0, 0.05) is 0 Å². The molecule has 26 heavy (non-hydrogen) atoms. The van der Waals surface area contributed by atoms with E-state index in [1.54, 1.807) is 12.1 Å². The van der Waals surface area contributed by atoms with Gasteiger partial charge in [-0.15, -0.1) is 0 Å². The van der Waals surface area contributed by atoms with E-state index in [4.69, 9.17) is 4.74 Å². The molecule has 7 nitrogen and oxygen atoms in total. The number of carbonyl (C=O) groups is 3. The van der Waals surface area contributed by atoms with Crippen molar-refractivity contribution in [3.8, 4) is 0 Å². The van der Waals surface area contributed by atoms with E-state index in [0.29, 0.717) is 15.6 Å². The highest BCUT2D eigenvalue weighted by Crippen LogP contribution is 2.51. The second-order valence-electron chi connectivity index (χ2n) is 6.12. The first-order valence-corrected chi connectivity index (χ1v) is 9.54. The van der Waals surface area contributed by atoms with Crippen LogP contribution < -0.4 is 9.77 Å². The smallest absolute Gasteiger partial charge is 0.314 e. The Morgan fingerprint density at radius 1 is 1.15 bits per heavy atom. The van der Waals surface area contributed by atoms with Gasteiger partial charge in [0.2, 0.25) is 11.8 Å². The standard InChI is InChI=1S/C17H14N2O5S2/c1-7-3-5-8(6-4-7)19-14(20)9-10(16(22)24-2)11-13(18-17(23)26-11)25-12(9)15(19)21/h3-6,9-10,12H,1-2H3,(H,18,23)/t9-,10-,12+/m0/s1. The van der Waals surface area contributed by atoms with Gasteiger partial charge in [0.05, 0.1) is 28.6 Å². The SMILES string of the molecule is COC(=O)[C@@H]1c2sc(=O)[nH]c2S[C@H]2C(=O)N(c3ccc(C)cc3)C(=O)[C@@H]12. The molecule has 0 saturated carbocycles. The molecule has 1 N–H and O–H groups in total. The van der Waals surface area contributed by atoms with Gasteiger partial charge >= 0.3 is 10.8 Å². The molecule has 0 bridgehead atoms. The van der Waals surface area contributed by atoms with Crippen molar-refractivity contribution < 1.29 is 19.1 Å². The number of ether oxygens (including phenoxy) is 1. The number of esters is 1. The maximum Gasteiger partial charge on any atom is 0.314 e. The number of thiazole rings is 1. The number of H-pyrrole nitrogens is 1. The molecule has 3 atom stereocenters. The van der Waals surface area contributed by atoms with E-state index < -0.39 is 29.0 Å². The molecule has 4 rings (SSSR count). The van der Waals surface area contributed by atoms with Gasteiger partial charge in [0.15, 0.2) is 0 Å². The fraction of sp³-hybridized carbons (Fsp3) is 0.294. The number of imide groups is 1. The summed E-state index contributed by atoms with van der Waals surface area (Å²) in [5.74, 6) is -3.31. The number of hydrogen-bond donors (Lipinski definition) is 1. The highest BCUT2D eigenvalue weighted by Gasteiger charge is 2.58. The molecule has 2 aliphatic rings. The number of carbonyl (C=O) groups excluding carboxylic acids is 3. The molecule has 2 aromatic rings. The molecule has 1 aromatic carbocycles. The van der Waals surface area contributed by atoms with E-state index in [2.05, 4.69) is 4.98 Å². The van der Waals surface area contributed by atoms with E-state index >= 15 is 0 Å². The van der Waals surface area contributed by atoms with Crippen LogP contribution >= 0.6 is 23.1 Å². The Morgan fingerprint density at radius 2 is 1.85 bits per heavy atom. The highest BCUT2D eigenvalue weighted by atomic mass is 32.2. The first kappa shape index (κ1) is 17.0. The van der Waals surface area contributed by atoms with Crippen molar-refractivity contribution in [2.75, 3.05) is 12.0 Å². The lowest BCUT2D eigenvalue weighted by molar-refractivity contribution is -0.145. The molecule has 0 unspecified atom stereocenters. The summed E-state index contributed by atoms with van der Waals surface area (Å²) in [6, 6.07) is 7.05. The van der Waals surface area contributed by atoms with Gasteiger partial charge in [-0.25, -0.2) is 4.90 Å². The monoisotopic (exact) mass is 390 g/mol. The third-order valence-electron chi connectivity index (χ3n) is 4.57. The number of anilines is 1. The van der Waals surface area contributed by atoms with Crippen LogP contribution in [0.1, 0.15) is 16.4 Å². The minimum Gasteiger partial charge on any atom is -0.469 e. The lowest BCUT2D eigenvalue weighted by atomic mass is 9.89. The maximum atomic E-state index is 13.1. The van der Waals surface area contributed by atoms with Crippen molar-refractivity contribution in [3.05, 3.63) is 44.4 Å². The zero-order chi connectivity index (χ0) is 18.6. The van der Waals surface area contributed by atoms with E-state index in [9.17, 15) is 19.2 Å². The number of benzene rings is 1. The molecule has 2 amide bonds. The number of thioether (sulfide) groups is 1. The molecule has 0 aliphatic carbocycles. The molecule has 2 aliphatic heterocycles. The summed E-state index contributed by atoms with van der Waals surface area (Å²) in [5.41, 5.74) is 1.48. The number of aromatic amines is 1. The van der Waals surface area contributed by atoms with E-state index in [-0.39, 0.29) is 10.8 Å². The fourth-order valence-corrected chi connectivity index (χ4v) is 5.82. The van der Waals surface area contributed by atoms with Crippen LogP contribution in [0.3, 0.4) is 0 Å². The molecule has 134 valence electrons. The summed E-state index contributed by atoms with van der Waals surface area (Å²) in [5, 5.41) is -0.311. The Bertz CT molecular complexity index is 978. The summed E-state index contributed by atoms with van der Waals surface area (Å²) in [6.07, 6.45) is 0. The van der Waals surface area contributed by atoms with Crippen molar-refractivity contribution in [1.82, 2.24) is 4.98 Å². The zero-order valence-electron chi connectivity index (χ0n) is 13.8. The maximum absolute atomic E-state index is 13.1. The van der Waals surface area contributed by atoms with Crippen LogP contribution in [0.15, 0.2) is 34.1 Å². The summed E-state index contributed by atoms with van der Waals surface area (Å²) in [4.78, 5) is 54.1. The number of aromatic nitrogens is 1. The van der Waals surface area contributed by atoms with E-state index in [1.165, 1.54) is 7.11 Å². The number of nitrogens with one attached hydrogen (secondary N) is 1. The van der Waals surface area contributed by atoms with Crippen LogP contribution in [-0.4, -0.2) is 35.1 Å². The first-order valence-electron chi connectivity index (χ1n) is 7.84. The van der Waals surface area contributed by atoms with Gasteiger partial charge in [0.25, 0.3) is 0 Å². The predicted molar refractivity (Wildman–Crippen MR) is 96.5 cm³/mol. The molecular formula is C17H14N2O5S2. The molecule has 3 heterocycles. The minimum atomic E-state index is -0.961. The lowest BCUT2D eigenvalue weighted by Gasteiger charge is -2.27. The quantitative estimate of drug-likeness (QED) is 0.619. The van der Waals surface area contributed by atoms with Crippen LogP contribution in [-0.2, 0) is 19.1 Å². The third-order valence-corrected chi connectivity index (χ3v) is 6.97. The third kappa shape index (κ3) is 2.42.